The zero-order valence-electron chi connectivity index (χ0n) is 15.0. The standard InChI is InChI=1S/C18H24N6O/c1-11-17(12(2)20-19-11)18(25)23(3)14-9-24(10-14)16-8-13-6-4-5-7-15(13)21-22-16/h8,14H,4-7,9-10H2,1-3H3,(H,19,20). The van der Waals surface area contributed by atoms with Crippen LogP contribution in [0.25, 0.3) is 0 Å². The topological polar surface area (TPSA) is 78.0 Å². The van der Waals surface area contributed by atoms with Crippen molar-refractivity contribution in [3.05, 3.63) is 34.3 Å². The van der Waals surface area contributed by atoms with Gasteiger partial charge in [-0.05, 0) is 51.2 Å². The number of carbonyl (C=O) groups excluding carboxylic acids is 1. The summed E-state index contributed by atoms with van der Waals surface area (Å²) in [4.78, 5) is 16.8. The van der Waals surface area contributed by atoms with E-state index in [1.807, 2.05) is 25.8 Å². The molecule has 2 aromatic rings. The lowest BCUT2D eigenvalue weighted by molar-refractivity contribution is 0.0703. The number of fused-ring (bicyclic) bond motifs is 1. The predicted octanol–water partition coefficient (Wildman–Crippen LogP) is 1.66. The van der Waals surface area contributed by atoms with Crippen LogP contribution < -0.4 is 4.90 Å². The van der Waals surface area contributed by atoms with Gasteiger partial charge in [-0.2, -0.15) is 10.2 Å². The molecule has 0 saturated carbocycles. The lowest BCUT2D eigenvalue weighted by atomic mass is 9.96. The van der Waals surface area contributed by atoms with Crippen LogP contribution in [0.4, 0.5) is 5.82 Å². The summed E-state index contributed by atoms with van der Waals surface area (Å²) in [7, 11) is 1.87. The Morgan fingerprint density at radius 1 is 1.24 bits per heavy atom. The van der Waals surface area contributed by atoms with Crippen molar-refractivity contribution in [2.24, 2.45) is 0 Å². The summed E-state index contributed by atoms with van der Waals surface area (Å²) in [6.45, 7) is 5.34. The van der Waals surface area contributed by atoms with Gasteiger partial charge < -0.3 is 9.80 Å². The largest absolute Gasteiger partial charge is 0.351 e. The first-order valence-electron chi connectivity index (χ1n) is 8.93. The van der Waals surface area contributed by atoms with Gasteiger partial charge in [-0.1, -0.05) is 0 Å². The van der Waals surface area contributed by atoms with E-state index < -0.39 is 0 Å². The lowest BCUT2D eigenvalue weighted by Crippen LogP contribution is -2.60. The van der Waals surface area contributed by atoms with E-state index >= 15 is 0 Å². The van der Waals surface area contributed by atoms with Gasteiger partial charge >= 0.3 is 0 Å². The first-order valence-corrected chi connectivity index (χ1v) is 8.93. The molecule has 1 aliphatic heterocycles. The van der Waals surface area contributed by atoms with E-state index in [1.54, 1.807) is 0 Å². The normalized spacial score (nSPS) is 17.2. The van der Waals surface area contributed by atoms with E-state index in [0.717, 1.165) is 48.8 Å². The number of likely N-dealkylation sites (N-methyl/N-ethyl adjacent to an activating group) is 1. The van der Waals surface area contributed by atoms with Crippen molar-refractivity contribution < 1.29 is 4.79 Å². The monoisotopic (exact) mass is 340 g/mol. The summed E-state index contributed by atoms with van der Waals surface area (Å²) in [6.07, 6.45) is 4.60. The van der Waals surface area contributed by atoms with Gasteiger partial charge in [-0.15, -0.1) is 5.10 Å². The molecule has 25 heavy (non-hydrogen) atoms. The van der Waals surface area contributed by atoms with E-state index in [1.165, 1.54) is 18.4 Å². The fourth-order valence-corrected chi connectivity index (χ4v) is 3.73. The van der Waals surface area contributed by atoms with Gasteiger partial charge in [0.25, 0.3) is 5.91 Å². The molecule has 0 radical (unpaired) electrons. The van der Waals surface area contributed by atoms with Crippen LogP contribution in [0.5, 0.6) is 0 Å². The number of aromatic nitrogens is 4. The third-order valence-electron chi connectivity index (χ3n) is 5.45. The summed E-state index contributed by atoms with van der Waals surface area (Å²) >= 11 is 0. The second-order valence-corrected chi connectivity index (χ2v) is 7.17. The molecule has 4 rings (SSSR count). The number of aryl methyl sites for hydroxylation is 4. The fourth-order valence-electron chi connectivity index (χ4n) is 3.73. The molecule has 0 unspecified atom stereocenters. The maximum absolute atomic E-state index is 12.7. The van der Waals surface area contributed by atoms with Gasteiger partial charge in [0.2, 0.25) is 0 Å². The molecule has 1 saturated heterocycles. The van der Waals surface area contributed by atoms with E-state index in [0.29, 0.717) is 5.56 Å². The summed E-state index contributed by atoms with van der Waals surface area (Å²) in [5.74, 6) is 0.971. The van der Waals surface area contributed by atoms with Gasteiger partial charge in [0, 0.05) is 25.8 Å². The van der Waals surface area contributed by atoms with Crippen LogP contribution in [0.3, 0.4) is 0 Å². The molecule has 0 atom stereocenters. The van der Waals surface area contributed by atoms with Crippen molar-refractivity contribution in [2.45, 2.75) is 45.6 Å². The molecular weight excluding hydrogens is 316 g/mol. The summed E-state index contributed by atoms with van der Waals surface area (Å²) in [5.41, 5.74) is 4.77. The highest BCUT2D eigenvalue weighted by Gasteiger charge is 2.35. The van der Waals surface area contributed by atoms with Crippen molar-refractivity contribution in [2.75, 3.05) is 25.0 Å². The van der Waals surface area contributed by atoms with Gasteiger partial charge in [0.05, 0.1) is 23.0 Å². The van der Waals surface area contributed by atoms with Gasteiger partial charge in [0.1, 0.15) is 0 Å². The maximum atomic E-state index is 12.7. The Hall–Kier alpha value is -2.44. The molecule has 3 heterocycles. The molecule has 0 aromatic carbocycles. The van der Waals surface area contributed by atoms with Crippen molar-refractivity contribution in [3.8, 4) is 0 Å². The zero-order valence-corrected chi connectivity index (χ0v) is 15.0. The van der Waals surface area contributed by atoms with E-state index in [-0.39, 0.29) is 11.9 Å². The van der Waals surface area contributed by atoms with Crippen LogP contribution in [-0.2, 0) is 12.8 Å². The number of anilines is 1. The van der Waals surface area contributed by atoms with Crippen LogP contribution in [-0.4, -0.2) is 57.4 Å². The summed E-state index contributed by atoms with van der Waals surface area (Å²) in [5, 5.41) is 15.8. The van der Waals surface area contributed by atoms with Crippen molar-refractivity contribution in [1.29, 1.82) is 0 Å². The number of rotatable bonds is 3. The number of nitrogens with zero attached hydrogens (tertiary/aromatic N) is 5. The van der Waals surface area contributed by atoms with Crippen molar-refractivity contribution >= 4 is 11.7 Å². The van der Waals surface area contributed by atoms with Crippen molar-refractivity contribution in [1.82, 2.24) is 25.3 Å². The third-order valence-corrected chi connectivity index (χ3v) is 5.45. The SMILES string of the molecule is Cc1n[nH]c(C)c1C(=O)N(C)C1CN(c2cc3c(nn2)CCCC3)C1. The Kier molecular flexibility index (Phi) is 3.94. The average Bonchev–Trinajstić information content (AvgIpc) is 2.91. The van der Waals surface area contributed by atoms with Gasteiger partial charge in [0.15, 0.2) is 5.82 Å². The molecule has 1 amide bonds. The first kappa shape index (κ1) is 16.1. The molecular formula is C18H24N6O. The Bertz CT molecular complexity index is 788. The number of hydrogen-bond acceptors (Lipinski definition) is 5. The van der Waals surface area contributed by atoms with Gasteiger partial charge in [-0.3, -0.25) is 9.89 Å². The highest BCUT2D eigenvalue weighted by atomic mass is 16.2. The van der Waals surface area contributed by atoms with Crippen LogP contribution in [0.1, 0.15) is 45.8 Å². The fraction of sp³-hybridized carbons (Fsp3) is 0.556. The Morgan fingerprint density at radius 3 is 2.72 bits per heavy atom. The molecule has 1 aliphatic carbocycles. The summed E-state index contributed by atoms with van der Waals surface area (Å²) in [6, 6.07) is 2.38. The van der Waals surface area contributed by atoms with Crippen LogP contribution in [0.15, 0.2) is 6.07 Å². The minimum absolute atomic E-state index is 0.0323. The highest BCUT2D eigenvalue weighted by Crippen LogP contribution is 2.26. The molecule has 1 fully saturated rings. The second-order valence-electron chi connectivity index (χ2n) is 7.17. The predicted molar refractivity (Wildman–Crippen MR) is 94.8 cm³/mol. The molecule has 2 aliphatic rings. The Labute approximate surface area is 147 Å². The smallest absolute Gasteiger partial charge is 0.257 e. The number of nitrogens with one attached hydrogen (secondary N) is 1. The summed E-state index contributed by atoms with van der Waals surface area (Å²) < 4.78 is 0. The molecule has 7 heteroatoms. The number of amides is 1. The lowest BCUT2D eigenvalue weighted by Gasteiger charge is -2.44. The highest BCUT2D eigenvalue weighted by molar-refractivity contribution is 5.96. The molecule has 2 aromatic heterocycles. The molecule has 132 valence electrons. The van der Waals surface area contributed by atoms with Crippen LogP contribution in [0.2, 0.25) is 0 Å². The molecule has 7 nitrogen and oxygen atoms in total. The first-order chi connectivity index (χ1) is 12.0. The number of H-pyrrole nitrogens is 1. The Morgan fingerprint density at radius 2 is 2.00 bits per heavy atom. The maximum Gasteiger partial charge on any atom is 0.257 e. The minimum atomic E-state index is 0.0323. The number of aromatic amines is 1. The van der Waals surface area contributed by atoms with Crippen LogP contribution >= 0.6 is 0 Å². The number of hydrogen-bond donors (Lipinski definition) is 1. The zero-order chi connectivity index (χ0) is 17.6. The molecule has 0 bridgehead atoms. The van der Waals surface area contributed by atoms with E-state index in [2.05, 4.69) is 31.4 Å². The average molecular weight is 340 g/mol. The quantitative estimate of drug-likeness (QED) is 0.919. The number of carbonyl (C=O) groups is 1. The van der Waals surface area contributed by atoms with Gasteiger partial charge in [-0.25, -0.2) is 0 Å². The van der Waals surface area contributed by atoms with E-state index in [4.69, 9.17) is 0 Å². The second kappa shape index (κ2) is 6.13. The Balaban J connectivity index is 1.42. The molecule has 0 spiro atoms. The third kappa shape index (κ3) is 2.77. The van der Waals surface area contributed by atoms with E-state index in [9.17, 15) is 4.79 Å². The minimum Gasteiger partial charge on any atom is -0.351 e. The molecule has 1 N–H and O–H groups in total. The van der Waals surface area contributed by atoms with Crippen LogP contribution in [0, 0.1) is 13.8 Å². The van der Waals surface area contributed by atoms with Crippen molar-refractivity contribution in [3.63, 3.8) is 0 Å².